The summed E-state index contributed by atoms with van der Waals surface area (Å²) in [6, 6.07) is 3.98. The maximum Gasteiger partial charge on any atom is 0.173 e. The first-order chi connectivity index (χ1) is 9.20. The lowest BCUT2D eigenvalue weighted by Gasteiger charge is -2.16. The largest absolute Gasteiger partial charge is 0.491 e. The third-order valence-corrected chi connectivity index (χ3v) is 3.19. The minimum absolute atomic E-state index is 0.157. The van der Waals surface area contributed by atoms with Crippen molar-refractivity contribution >= 4 is 5.84 Å². The molecule has 5 nitrogen and oxygen atoms in total. The molecule has 2 rings (SSSR count). The number of halogens is 1. The molecule has 0 saturated carbocycles. The molecule has 1 heterocycles. The highest BCUT2D eigenvalue weighted by Gasteiger charge is 2.13. The number of amidine groups is 1. The fourth-order valence-electron chi connectivity index (χ4n) is 2.17. The van der Waals surface area contributed by atoms with Crippen LogP contribution in [0.15, 0.2) is 23.4 Å². The second-order valence-electron chi connectivity index (χ2n) is 4.52. The predicted molar refractivity (Wildman–Crippen MR) is 70.1 cm³/mol. The highest BCUT2D eigenvalue weighted by molar-refractivity contribution is 5.99. The van der Waals surface area contributed by atoms with Crippen molar-refractivity contribution in [1.82, 2.24) is 4.90 Å². The number of nitrogens with zero attached hydrogens (tertiary/aromatic N) is 2. The SMILES string of the molecule is NC(=NO)c1cc(F)ccc1OCCN1CCCC1. The maximum absolute atomic E-state index is 13.2. The summed E-state index contributed by atoms with van der Waals surface area (Å²) < 4.78 is 18.8. The van der Waals surface area contributed by atoms with Gasteiger partial charge in [-0.15, -0.1) is 0 Å². The molecule has 1 saturated heterocycles. The van der Waals surface area contributed by atoms with Gasteiger partial charge in [-0.2, -0.15) is 0 Å². The molecule has 6 heteroatoms. The van der Waals surface area contributed by atoms with Crippen LogP contribution in [0.1, 0.15) is 18.4 Å². The van der Waals surface area contributed by atoms with Gasteiger partial charge in [0.05, 0.1) is 5.56 Å². The number of rotatable bonds is 5. The first-order valence-corrected chi connectivity index (χ1v) is 6.33. The summed E-state index contributed by atoms with van der Waals surface area (Å²) in [5.74, 6) is -0.180. The lowest BCUT2D eigenvalue weighted by molar-refractivity contribution is 0.237. The molecule has 0 aromatic heterocycles. The highest BCUT2D eigenvalue weighted by Crippen LogP contribution is 2.19. The van der Waals surface area contributed by atoms with Crippen molar-refractivity contribution in [2.75, 3.05) is 26.2 Å². The van der Waals surface area contributed by atoms with Crippen LogP contribution in [-0.2, 0) is 0 Å². The third-order valence-electron chi connectivity index (χ3n) is 3.19. The van der Waals surface area contributed by atoms with Gasteiger partial charge < -0.3 is 15.7 Å². The summed E-state index contributed by atoms with van der Waals surface area (Å²) in [5.41, 5.74) is 5.77. The van der Waals surface area contributed by atoms with Gasteiger partial charge in [0.25, 0.3) is 0 Å². The number of benzene rings is 1. The van der Waals surface area contributed by atoms with E-state index in [1.54, 1.807) is 0 Å². The molecule has 0 aliphatic carbocycles. The van der Waals surface area contributed by atoms with Crippen LogP contribution in [0.3, 0.4) is 0 Å². The van der Waals surface area contributed by atoms with Crippen LogP contribution in [0, 0.1) is 5.82 Å². The first kappa shape index (κ1) is 13.6. The van der Waals surface area contributed by atoms with Crippen LogP contribution >= 0.6 is 0 Å². The quantitative estimate of drug-likeness (QED) is 0.366. The van der Waals surface area contributed by atoms with E-state index in [0.29, 0.717) is 12.4 Å². The Labute approximate surface area is 111 Å². The van der Waals surface area contributed by atoms with E-state index in [9.17, 15) is 4.39 Å². The monoisotopic (exact) mass is 267 g/mol. The van der Waals surface area contributed by atoms with E-state index in [0.717, 1.165) is 19.6 Å². The van der Waals surface area contributed by atoms with Gasteiger partial charge in [-0.3, -0.25) is 4.90 Å². The van der Waals surface area contributed by atoms with Crippen LogP contribution < -0.4 is 10.5 Å². The van der Waals surface area contributed by atoms with Crippen LogP contribution in [0.4, 0.5) is 4.39 Å². The number of oxime groups is 1. The summed E-state index contributed by atoms with van der Waals surface area (Å²) in [7, 11) is 0. The number of nitrogens with two attached hydrogens (primary N) is 1. The van der Waals surface area contributed by atoms with E-state index in [1.807, 2.05) is 0 Å². The minimum Gasteiger partial charge on any atom is -0.491 e. The van der Waals surface area contributed by atoms with Crippen LogP contribution in [0.25, 0.3) is 0 Å². The Balaban J connectivity index is 1.98. The summed E-state index contributed by atoms with van der Waals surface area (Å²) in [6.45, 7) is 3.52. The Kier molecular flexibility index (Phi) is 4.57. The molecule has 0 atom stereocenters. The molecule has 104 valence electrons. The van der Waals surface area contributed by atoms with E-state index >= 15 is 0 Å². The van der Waals surface area contributed by atoms with Gasteiger partial charge in [-0.05, 0) is 44.1 Å². The second kappa shape index (κ2) is 6.38. The van der Waals surface area contributed by atoms with Crippen molar-refractivity contribution in [2.24, 2.45) is 10.9 Å². The number of likely N-dealkylation sites (tertiary alicyclic amines) is 1. The average molecular weight is 267 g/mol. The molecule has 0 radical (unpaired) electrons. The van der Waals surface area contributed by atoms with Crippen molar-refractivity contribution in [1.29, 1.82) is 0 Å². The van der Waals surface area contributed by atoms with Gasteiger partial charge in [0, 0.05) is 6.54 Å². The van der Waals surface area contributed by atoms with Gasteiger partial charge in [0.15, 0.2) is 5.84 Å². The molecule has 0 unspecified atom stereocenters. The fourth-order valence-corrected chi connectivity index (χ4v) is 2.17. The molecule has 0 bridgehead atoms. The van der Waals surface area contributed by atoms with Gasteiger partial charge in [0.2, 0.25) is 0 Å². The summed E-state index contributed by atoms with van der Waals surface area (Å²) in [5, 5.41) is 11.6. The second-order valence-corrected chi connectivity index (χ2v) is 4.52. The molecular weight excluding hydrogens is 249 g/mol. The minimum atomic E-state index is -0.450. The van der Waals surface area contributed by atoms with Gasteiger partial charge >= 0.3 is 0 Å². The van der Waals surface area contributed by atoms with E-state index in [4.69, 9.17) is 15.7 Å². The lowest BCUT2D eigenvalue weighted by atomic mass is 10.2. The predicted octanol–water partition coefficient (Wildman–Crippen LogP) is 1.39. The van der Waals surface area contributed by atoms with E-state index in [2.05, 4.69) is 10.1 Å². The molecule has 19 heavy (non-hydrogen) atoms. The maximum atomic E-state index is 13.2. The first-order valence-electron chi connectivity index (χ1n) is 6.33. The molecule has 0 spiro atoms. The molecule has 1 fully saturated rings. The summed E-state index contributed by atoms with van der Waals surface area (Å²) in [4.78, 5) is 2.31. The molecule has 3 N–H and O–H groups in total. The number of hydrogen-bond donors (Lipinski definition) is 2. The Hall–Kier alpha value is -1.82. The molecule has 1 aromatic rings. The van der Waals surface area contributed by atoms with Crippen molar-refractivity contribution in [3.05, 3.63) is 29.6 Å². The smallest absolute Gasteiger partial charge is 0.173 e. The molecule has 1 aromatic carbocycles. The van der Waals surface area contributed by atoms with Crippen molar-refractivity contribution in [2.45, 2.75) is 12.8 Å². The highest BCUT2D eigenvalue weighted by atomic mass is 19.1. The zero-order valence-corrected chi connectivity index (χ0v) is 10.7. The van der Waals surface area contributed by atoms with Crippen molar-refractivity contribution in [3.8, 4) is 5.75 Å². The summed E-state index contributed by atoms with van der Waals surface area (Å²) in [6.07, 6.45) is 2.46. The van der Waals surface area contributed by atoms with Gasteiger partial charge in [-0.25, -0.2) is 4.39 Å². The molecule has 1 aliphatic heterocycles. The Morgan fingerprint density at radius 1 is 1.42 bits per heavy atom. The van der Waals surface area contributed by atoms with Gasteiger partial charge in [0.1, 0.15) is 18.2 Å². The summed E-state index contributed by atoms with van der Waals surface area (Å²) >= 11 is 0. The third kappa shape index (κ3) is 3.57. The van der Waals surface area contributed by atoms with E-state index in [-0.39, 0.29) is 11.4 Å². The van der Waals surface area contributed by atoms with Crippen LogP contribution in [-0.4, -0.2) is 42.2 Å². The Bertz CT molecular complexity index is 459. The molecule has 1 aliphatic rings. The normalized spacial score (nSPS) is 16.8. The molecular formula is C13H18FN3O2. The zero-order chi connectivity index (χ0) is 13.7. The Morgan fingerprint density at radius 3 is 2.84 bits per heavy atom. The van der Waals surface area contributed by atoms with Crippen molar-refractivity contribution < 1.29 is 14.3 Å². The molecule has 0 amide bonds. The lowest BCUT2D eigenvalue weighted by Crippen LogP contribution is -2.25. The average Bonchev–Trinajstić information content (AvgIpc) is 2.92. The number of ether oxygens (including phenoxy) is 1. The van der Waals surface area contributed by atoms with Crippen molar-refractivity contribution in [3.63, 3.8) is 0 Å². The number of hydrogen-bond acceptors (Lipinski definition) is 4. The standard InChI is InChI=1S/C13H18FN3O2/c14-10-3-4-12(11(9-10)13(15)16-18)19-8-7-17-5-1-2-6-17/h3-4,9,18H,1-2,5-8H2,(H2,15,16). The van der Waals surface area contributed by atoms with E-state index in [1.165, 1.54) is 31.0 Å². The zero-order valence-electron chi connectivity index (χ0n) is 10.7. The van der Waals surface area contributed by atoms with Crippen LogP contribution in [0.5, 0.6) is 5.75 Å². The van der Waals surface area contributed by atoms with Gasteiger partial charge in [-0.1, -0.05) is 5.16 Å². The Morgan fingerprint density at radius 2 is 2.16 bits per heavy atom. The topological polar surface area (TPSA) is 71.1 Å². The van der Waals surface area contributed by atoms with E-state index < -0.39 is 5.82 Å². The fraction of sp³-hybridized carbons (Fsp3) is 0.462. The van der Waals surface area contributed by atoms with Crippen LogP contribution in [0.2, 0.25) is 0 Å².